The van der Waals surface area contributed by atoms with E-state index >= 15 is 0 Å². The quantitative estimate of drug-likeness (QED) is 0.765. The first-order valence-corrected chi connectivity index (χ1v) is 5.81. The Kier molecular flexibility index (Phi) is 3.27. The third kappa shape index (κ3) is 2.54. The van der Waals surface area contributed by atoms with Gasteiger partial charge in [0.05, 0.1) is 5.71 Å². The van der Waals surface area contributed by atoms with Crippen LogP contribution in [0.25, 0.3) is 0 Å². The van der Waals surface area contributed by atoms with Crippen molar-refractivity contribution in [2.24, 2.45) is 10.9 Å². The van der Waals surface area contributed by atoms with Crippen molar-refractivity contribution in [1.29, 1.82) is 0 Å². The maximum Gasteiger partial charge on any atom is 0.123 e. The molecular formula is C14H17FN2. The summed E-state index contributed by atoms with van der Waals surface area (Å²) in [6, 6.07) is 6.49. The van der Waals surface area contributed by atoms with E-state index in [1.54, 1.807) is 12.1 Å². The summed E-state index contributed by atoms with van der Waals surface area (Å²) in [6.07, 6.45) is 2.08. The molecule has 1 aromatic carbocycles. The zero-order valence-corrected chi connectivity index (χ0v) is 10.4. The predicted octanol–water partition coefficient (Wildman–Crippen LogP) is 3.06. The second kappa shape index (κ2) is 4.70. The van der Waals surface area contributed by atoms with E-state index in [0.717, 1.165) is 11.3 Å². The fraction of sp³-hybridized carbons (Fsp3) is 0.357. The summed E-state index contributed by atoms with van der Waals surface area (Å²) < 4.78 is 12.9. The average molecular weight is 232 g/mol. The van der Waals surface area contributed by atoms with Crippen molar-refractivity contribution in [3.8, 4) is 0 Å². The van der Waals surface area contributed by atoms with E-state index in [-0.39, 0.29) is 5.82 Å². The van der Waals surface area contributed by atoms with E-state index in [1.807, 2.05) is 7.05 Å². The summed E-state index contributed by atoms with van der Waals surface area (Å²) in [5.74, 6) is 0.251. The average Bonchev–Trinajstić information content (AvgIpc) is 2.30. The molecule has 0 aliphatic carbocycles. The van der Waals surface area contributed by atoms with E-state index in [4.69, 9.17) is 0 Å². The molecule has 0 radical (unpaired) electrons. The minimum absolute atomic E-state index is 0.213. The van der Waals surface area contributed by atoms with Gasteiger partial charge in [0.15, 0.2) is 0 Å². The van der Waals surface area contributed by atoms with Crippen LogP contribution in [0.15, 0.2) is 41.0 Å². The zero-order chi connectivity index (χ0) is 12.4. The van der Waals surface area contributed by atoms with Gasteiger partial charge in [0, 0.05) is 18.3 Å². The lowest BCUT2D eigenvalue weighted by Crippen LogP contribution is -2.26. The Hall–Kier alpha value is -1.64. The molecule has 0 saturated heterocycles. The van der Waals surface area contributed by atoms with Gasteiger partial charge in [-0.05, 0) is 36.3 Å². The molecule has 1 aliphatic heterocycles. The highest BCUT2D eigenvalue weighted by molar-refractivity contribution is 6.09. The molecule has 1 heterocycles. The minimum atomic E-state index is -0.213. The van der Waals surface area contributed by atoms with Gasteiger partial charge < -0.3 is 4.90 Å². The van der Waals surface area contributed by atoms with Gasteiger partial charge in [-0.3, -0.25) is 4.99 Å². The third-order valence-corrected chi connectivity index (χ3v) is 2.91. The van der Waals surface area contributed by atoms with Crippen LogP contribution in [0.4, 0.5) is 4.39 Å². The molecular weight excluding hydrogens is 215 g/mol. The summed E-state index contributed by atoms with van der Waals surface area (Å²) >= 11 is 0. The Labute approximate surface area is 101 Å². The Bertz CT molecular complexity index is 458. The summed E-state index contributed by atoms with van der Waals surface area (Å²) in [7, 11) is 2.04. The van der Waals surface area contributed by atoms with E-state index in [9.17, 15) is 4.39 Å². The highest BCUT2D eigenvalue weighted by atomic mass is 19.1. The molecule has 0 N–H and O–H groups in total. The lowest BCUT2D eigenvalue weighted by Gasteiger charge is -2.27. The van der Waals surface area contributed by atoms with Crippen LogP contribution in [0.2, 0.25) is 0 Å². The number of allylic oxidation sites excluding steroid dienone is 2. The molecule has 2 nitrogen and oxygen atoms in total. The molecule has 17 heavy (non-hydrogen) atoms. The number of aliphatic imine (C=N–C) groups is 1. The lowest BCUT2D eigenvalue weighted by molar-refractivity contribution is 0.381. The molecule has 0 fully saturated rings. The van der Waals surface area contributed by atoms with Crippen molar-refractivity contribution in [2.45, 2.75) is 13.8 Å². The molecule has 0 saturated carbocycles. The van der Waals surface area contributed by atoms with Crippen LogP contribution >= 0.6 is 0 Å². The molecule has 0 aromatic heterocycles. The first-order valence-electron chi connectivity index (χ1n) is 5.81. The highest BCUT2D eigenvalue weighted by Gasteiger charge is 2.15. The SMILES string of the molecule is CC(C)C1=CC(c2ccc(F)cc2)=NCN1C. The summed E-state index contributed by atoms with van der Waals surface area (Å²) in [6.45, 7) is 4.99. The largest absolute Gasteiger partial charge is 0.358 e. The van der Waals surface area contributed by atoms with E-state index in [1.165, 1.54) is 17.8 Å². The number of benzene rings is 1. The van der Waals surface area contributed by atoms with Crippen molar-refractivity contribution >= 4 is 5.71 Å². The van der Waals surface area contributed by atoms with Gasteiger partial charge in [-0.15, -0.1) is 0 Å². The summed E-state index contributed by atoms with van der Waals surface area (Å²) in [5, 5.41) is 0. The van der Waals surface area contributed by atoms with E-state index in [2.05, 4.69) is 29.8 Å². The summed E-state index contributed by atoms with van der Waals surface area (Å²) in [5.41, 5.74) is 3.17. The number of nitrogens with zero attached hydrogens (tertiary/aromatic N) is 2. The first kappa shape index (κ1) is 11.8. The van der Waals surface area contributed by atoms with Gasteiger partial charge >= 0.3 is 0 Å². The smallest absolute Gasteiger partial charge is 0.123 e. The maximum absolute atomic E-state index is 12.9. The van der Waals surface area contributed by atoms with Crippen LogP contribution in [0.5, 0.6) is 0 Å². The van der Waals surface area contributed by atoms with Crippen molar-refractivity contribution in [2.75, 3.05) is 13.7 Å². The molecule has 0 spiro atoms. The fourth-order valence-corrected chi connectivity index (χ4v) is 1.96. The van der Waals surface area contributed by atoms with Crippen molar-refractivity contribution < 1.29 is 4.39 Å². The van der Waals surface area contributed by atoms with Crippen LogP contribution in [0.1, 0.15) is 19.4 Å². The molecule has 2 rings (SSSR count). The highest BCUT2D eigenvalue weighted by Crippen LogP contribution is 2.19. The predicted molar refractivity (Wildman–Crippen MR) is 68.5 cm³/mol. The molecule has 0 atom stereocenters. The number of hydrogen-bond donors (Lipinski definition) is 0. The van der Waals surface area contributed by atoms with Crippen LogP contribution in [-0.4, -0.2) is 24.3 Å². The summed E-state index contributed by atoms with van der Waals surface area (Å²) in [4.78, 5) is 6.62. The van der Waals surface area contributed by atoms with Crippen molar-refractivity contribution in [1.82, 2.24) is 4.90 Å². The van der Waals surface area contributed by atoms with Crippen LogP contribution < -0.4 is 0 Å². The molecule has 0 bridgehead atoms. The molecule has 0 amide bonds. The maximum atomic E-state index is 12.9. The number of halogens is 1. The van der Waals surface area contributed by atoms with Crippen molar-refractivity contribution in [3.05, 3.63) is 47.4 Å². The molecule has 1 aromatic rings. The Balaban J connectivity index is 2.31. The second-order valence-electron chi connectivity index (χ2n) is 4.61. The minimum Gasteiger partial charge on any atom is -0.358 e. The monoisotopic (exact) mass is 232 g/mol. The van der Waals surface area contributed by atoms with Crippen LogP contribution in [-0.2, 0) is 0 Å². The normalized spacial score (nSPS) is 15.9. The van der Waals surface area contributed by atoms with Crippen LogP contribution in [0, 0.1) is 11.7 Å². The van der Waals surface area contributed by atoms with Gasteiger partial charge in [-0.2, -0.15) is 0 Å². The zero-order valence-electron chi connectivity index (χ0n) is 10.4. The van der Waals surface area contributed by atoms with Gasteiger partial charge in [0.1, 0.15) is 12.5 Å². The third-order valence-electron chi connectivity index (χ3n) is 2.91. The van der Waals surface area contributed by atoms with E-state index in [0.29, 0.717) is 12.6 Å². The number of hydrogen-bond acceptors (Lipinski definition) is 2. The van der Waals surface area contributed by atoms with Gasteiger partial charge in [0.25, 0.3) is 0 Å². The molecule has 0 unspecified atom stereocenters. The fourth-order valence-electron chi connectivity index (χ4n) is 1.96. The topological polar surface area (TPSA) is 15.6 Å². The lowest BCUT2D eigenvalue weighted by atomic mass is 10.0. The first-order chi connectivity index (χ1) is 8.08. The molecule has 1 aliphatic rings. The Morgan fingerprint density at radius 2 is 1.88 bits per heavy atom. The van der Waals surface area contributed by atoms with Gasteiger partial charge in [-0.1, -0.05) is 13.8 Å². The van der Waals surface area contributed by atoms with Crippen molar-refractivity contribution in [3.63, 3.8) is 0 Å². The Morgan fingerprint density at radius 1 is 1.24 bits per heavy atom. The van der Waals surface area contributed by atoms with Crippen LogP contribution in [0.3, 0.4) is 0 Å². The number of rotatable bonds is 2. The Morgan fingerprint density at radius 3 is 2.47 bits per heavy atom. The van der Waals surface area contributed by atoms with Gasteiger partial charge in [0.2, 0.25) is 0 Å². The standard InChI is InChI=1S/C14H17FN2/c1-10(2)14-8-13(16-9-17(14)3)11-4-6-12(15)7-5-11/h4-8,10H,9H2,1-3H3. The molecule has 3 heteroatoms. The second-order valence-corrected chi connectivity index (χ2v) is 4.61. The molecule has 90 valence electrons. The van der Waals surface area contributed by atoms with E-state index < -0.39 is 0 Å². The van der Waals surface area contributed by atoms with Gasteiger partial charge in [-0.25, -0.2) is 4.39 Å².